The number of halogens is 3. The molecule has 2 aromatic heterocycles. The van der Waals surface area contributed by atoms with Crippen molar-refractivity contribution in [1.82, 2.24) is 20.1 Å². The van der Waals surface area contributed by atoms with Crippen molar-refractivity contribution in [2.45, 2.75) is 38.4 Å². The number of likely N-dealkylation sites (tertiary alicyclic amines) is 1. The van der Waals surface area contributed by atoms with Gasteiger partial charge in [0, 0.05) is 24.4 Å². The molecular weight excluding hydrogens is 393 g/mol. The molecule has 0 aliphatic carbocycles. The van der Waals surface area contributed by atoms with Gasteiger partial charge in [0.2, 0.25) is 0 Å². The number of hydrogen-bond donors (Lipinski definition) is 1. The van der Waals surface area contributed by atoms with E-state index in [-0.39, 0.29) is 11.9 Å². The number of amides is 1. The minimum absolute atomic E-state index is 0.0707. The SMILES string of the molecule is Cc1[nH]ncc1C(=O)N1CCCC1c1cccc(Cc2ccc(C(F)(F)F)cc2)n1. The number of carbonyl (C=O) groups is 1. The maximum Gasteiger partial charge on any atom is 0.416 e. The Labute approximate surface area is 171 Å². The number of hydrogen-bond acceptors (Lipinski definition) is 3. The molecule has 0 radical (unpaired) electrons. The van der Waals surface area contributed by atoms with E-state index in [4.69, 9.17) is 4.98 Å². The number of nitrogens with one attached hydrogen (secondary N) is 1. The van der Waals surface area contributed by atoms with E-state index in [9.17, 15) is 18.0 Å². The van der Waals surface area contributed by atoms with Crippen LogP contribution in [0.4, 0.5) is 13.2 Å². The van der Waals surface area contributed by atoms with Crippen molar-refractivity contribution in [3.63, 3.8) is 0 Å². The van der Waals surface area contributed by atoms with Gasteiger partial charge in [-0.3, -0.25) is 14.9 Å². The van der Waals surface area contributed by atoms with Crippen molar-refractivity contribution in [1.29, 1.82) is 0 Å². The molecule has 1 amide bonds. The zero-order valence-electron chi connectivity index (χ0n) is 16.4. The zero-order valence-corrected chi connectivity index (χ0v) is 16.4. The lowest BCUT2D eigenvalue weighted by Crippen LogP contribution is -2.31. The van der Waals surface area contributed by atoms with Gasteiger partial charge < -0.3 is 4.90 Å². The van der Waals surface area contributed by atoms with Crippen LogP contribution in [0.3, 0.4) is 0 Å². The molecule has 4 rings (SSSR count). The monoisotopic (exact) mass is 414 g/mol. The molecule has 1 atom stereocenters. The molecule has 1 fully saturated rings. The lowest BCUT2D eigenvalue weighted by Gasteiger charge is -2.24. The van der Waals surface area contributed by atoms with Crippen molar-refractivity contribution in [3.8, 4) is 0 Å². The van der Waals surface area contributed by atoms with Gasteiger partial charge in [-0.2, -0.15) is 18.3 Å². The molecular formula is C22H21F3N4O. The Kier molecular flexibility index (Phi) is 5.32. The fourth-order valence-corrected chi connectivity index (χ4v) is 3.84. The fourth-order valence-electron chi connectivity index (χ4n) is 3.84. The Hall–Kier alpha value is -3.16. The second-order valence-corrected chi connectivity index (χ2v) is 7.49. The highest BCUT2D eigenvalue weighted by Gasteiger charge is 2.33. The number of aromatic nitrogens is 3. The van der Waals surface area contributed by atoms with E-state index in [2.05, 4.69) is 10.2 Å². The van der Waals surface area contributed by atoms with Gasteiger partial charge in [0.25, 0.3) is 5.91 Å². The van der Waals surface area contributed by atoms with Crippen LogP contribution in [0.15, 0.2) is 48.7 Å². The van der Waals surface area contributed by atoms with Crippen LogP contribution >= 0.6 is 0 Å². The molecule has 3 heterocycles. The van der Waals surface area contributed by atoms with Crippen LogP contribution in [0.5, 0.6) is 0 Å². The molecule has 1 aromatic carbocycles. The van der Waals surface area contributed by atoms with E-state index in [1.165, 1.54) is 12.1 Å². The number of benzene rings is 1. The first-order valence-electron chi connectivity index (χ1n) is 9.76. The normalized spacial score (nSPS) is 16.8. The quantitative estimate of drug-likeness (QED) is 0.673. The van der Waals surface area contributed by atoms with Gasteiger partial charge in [-0.05, 0) is 49.6 Å². The fraction of sp³-hybridized carbons (Fsp3) is 0.318. The number of aryl methyl sites for hydroxylation is 1. The number of pyridine rings is 1. The van der Waals surface area contributed by atoms with Crippen molar-refractivity contribution >= 4 is 5.91 Å². The first kappa shape index (κ1) is 20.1. The summed E-state index contributed by atoms with van der Waals surface area (Å²) in [5.41, 5.74) is 2.93. The van der Waals surface area contributed by atoms with Gasteiger partial charge in [-0.25, -0.2) is 0 Å². The van der Waals surface area contributed by atoms with Crippen molar-refractivity contribution < 1.29 is 18.0 Å². The van der Waals surface area contributed by atoms with Crippen LogP contribution in [0.25, 0.3) is 0 Å². The van der Waals surface area contributed by atoms with Crippen LogP contribution in [0.1, 0.15) is 57.5 Å². The molecule has 1 aliphatic rings. The van der Waals surface area contributed by atoms with Gasteiger partial charge in [-0.1, -0.05) is 18.2 Å². The molecule has 1 saturated heterocycles. The summed E-state index contributed by atoms with van der Waals surface area (Å²) in [6.07, 6.45) is -0.672. The van der Waals surface area contributed by atoms with Crippen molar-refractivity contribution in [2.24, 2.45) is 0 Å². The molecule has 0 saturated carbocycles. The Bertz CT molecular complexity index is 1040. The second-order valence-electron chi connectivity index (χ2n) is 7.49. The minimum Gasteiger partial charge on any atom is -0.330 e. The van der Waals surface area contributed by atoms with Crippen LogP contribution < -0.4 is 0 Å². The molecule has 0 spiro atoms. The van der Waals surface area contributed by atoms with Crippen LogP contribution in [0, 0.1) is 6.92 Å². The van der Waals surface area contributed by atoms with E-state index in [0.29, 0.717) is 18.5 Å². The summed E-state index contributed by atoms with van der Waals surface area (Å²) in [7, 11) is 0. The van der Waals surface area contributed by atoms with Gasteiger partial charge in [0.1, 0.15) is 0 Å². The summed E-state index contributed by atoms with van der Waals surface area (Å²) in [4.78, 5) is 19.5. The summed E-state index contributed by atoms with van der Waals surface area (Å²) in [5, 5.41) is 6.73. The largest absolute Gasteiger partial charge is 0.416 e. The minimum atomic E-state index is -4.34. The lowest BCUT2D eigenvalue weighted by atomic mass is 10.0. The summed E-state index contributed by atoms with van der Waals surface area (Å²) in [6.45, 7) is 2.47. The lowest BCUT2D eigenvalue weighted by molar-refractivity contribution is -0.137. The molecule has 156 valence electrons. The summed E-state index contributed by atoms with van der Waals surface area (Å²) in [6, 6.07) is 10.6. The average Bonchev–Trinajstić information content (AvgIpc) is 3.36. The number of rotatable bonds is 4. The van der Waals surface area contributed by atoms with Crippen molar-refractivity contribution in [2.75, 3.05) is 6.54 Å². The van der Waals surface area contributed by atoms with Gasteiger partial charge in [0.15, 0.2) is 0 Å². The first-order chi connectivity index (χ1) is 14.3. The van der Waals surface area contributed by atoms with E-state index in [1.807, 2.05) is 30.0 Å². The summed E-state index contributed by atoms with van der Waals surface area (Å²) >= 11 is 0. The van der Waals surface area contributed by atoms with Gasteiger partial charge in [0.05, 0.1) is 29.1 Å². The van der Waals surface area contributed by atoms with Crippen LogP contribution in [-0.2, 0) is 12.6 Å². The molecule has 0 bridgehead atoms. The third-order valence-electron chi connectivity index (χ3n) is 5.41. The number of carbonyl (C=O) groups excluding carboxylic acids is 1. The third kappa shape index (κ3) is 4.08. The highest BCUT2D eigenvalue weighted by molar-refractivity contribution is 5.95. The molecule has 8 heteroatoms. The van der Waals surface area contributed by atoms with E-state index >= 15 is 0 Å². The second kappa shape index (κ2) is 7.93. The standard InChI is InChI=1S/C22H21F3N4O/c1-14-18(13-26-28-14)21(30)29-11-3-6-20(29)19-5-2-4-17(27-19)12-15-7-9-16(10-8-15)22(23,24)25/h2,4-5,7-10,13,20H,3,6,11-12H2,1H3,(H,26,28). The molecule has 5 nitrogen and oxygen atoms in total. The summed E-state index contributed by atoms with van der Waals surface area (Å²) in [5.74, 6) is -0.0707. The summed E-state index contributed by atoms with van der Waals surface area (Å²) < 4.78 is 38.3. The zero-order chi connectivity index (χ0) is 21.3. The Morgan fingerprint density at radius 1 is 1.20 bits per heavy atom. The highest BCUT2D eigenvalue weighted by atomic mass is 19.4. The van der Waals surface area contributed by atoms with Gasteiger partial charge in [-0.15, -0.1) is 0 Å². The maximum atomic E-state index is 12.9. The predicted octanol–water partition coefficient (Wildman–Crippen LogP) is 4.70. The molecule has 1 N–H and O–H groups in total. The smallest absolute Gasteiger partial charge is 0.330 e. The molecule has 1 aliphatic heterocycles. The maximum absolute atomic E-state index is 12.9. The topological polar surface area (TPSA) is 61.9 Å². The van der Waals surface area contributed by atoms with Gasteiger partial charge >= 0.3 is 6.18 Å². The third-order valence-corrected chi connectivity index (χ3v) is 5.41. The first-order valence-corrected chi connectivity index (χ1v) is 9.76. The van der Waals surface area contributed by atoms with Crippen molar-refractivity contribution in [3.05, 3.63) is 82.4 Å². The number of aromatic amines is 1. The molecule has 1 unspecified atom stereocenters. The van der Waals surface area contributed by atoms with Crippen LogP contribution in [-0.4, -0.2) is 32.5 Å². The van der Waals surface area contributed by atoms with Crippen LogP contribution in [0.2, 0.25) is 0 Å². The average molecular weight is 414 g/mol. The Morgan fingerprint density at radius 3 is 2.63 bits per heavy atom. The van der Waals surface area contributed by atoms with E-state index in [0.717, 1.165) is 47.6 Å². The number of nitrogens with zero attached hydrogens (tertiary/aromatic N) is 3. The number of H-pyrrole nitrogens is 1. The molecule has 30 heavy (non-hydrogen) atoms. The Morgan fingerprint density at radius 2 is 1.97 bits per heavy atom. The molecule has 3 aromatic rings. The Balaban J connectivity index is 1.53. The van der Waals surface area contributed by atoms with E-state index < -0.39 is 11.7 Å². The predicted molar refractivity (Wildman–Crippen MR) is 105 cm³/mol. The van der Waals surface area contributed by atoms with E-state index in [1.54, 1.807) is 6.20 Å². The highest BCUT2D eigenvalue weighted by Crippen LogP contribution is 2.33. The number of alkyl halides is 3.